The Morgan fingerprint density at radius 3 is 2.80 bits per heavy atom. The number of carbonyl (C=O) groups excluding carboxylic acids is 1. The Labute approximate surface area is 115 Å². The molecule has 0 radical (unpaired) electrons. The minimum Gasteiger partial charge on any atom is -0.435 e. The molecule has 0 bridgehead atoms. The van der Waals surface area contributed by atoms with E-state index in [1.165, 1.54) is 24.3 Å². The maximum absolute atomic E-state index is 12.1. The highest BCUT2D eigenvalue weighted by atomic mass is 19.3. The Balaban J connectivity index is 2.01. The zero-order valence-corrected chi connectivity index (χ0v) is 10.9. The van der Waals surface area contributed by atoms with Crippen molar-refractivity contribution in [2.45, 2.75) is 44.4 Å². The van der Waals surface area contributed by atoms with Gasteiger partial charge in [-0.05, 0) is 31.0 Å². The molecule has 0 spiro atoms. The topological polar surface area (TPSA) is 58.6 Å². The van der Waals surface area contributed by atoms with Crippen LogP contribution in [-0.4, -0.2) is 29.8 Å². The SMILES string of the molecule is O=C(N[C@@H]1CCCC[C@H]1O)c1cccc(OC(F)F)c1. The van der Waals surface area contributed by atoms with Crippen LogP contribution >= 0.6 is 0 Å². The number of hydrogen-bond acceptors (Lipinski definition) is 3. The van der Waals surface area contributed by atoms with E-state index < -0.39 is 18.6 Å². The standard InChI is InChI=1S/C14H17F2NO3/c15-14(16)20-10-5-3-4-9(8-10)13(19)17-11-6-1-2-7-12(11)18/h3-5,8,11-12,14,18H,1-2,6-7H2,(H,17,19)/t11-,12-/m1/s1. The van der Waals surface area contributed by atoms with Crippen molar-refractivity contribution in [2.24, 2.45) is 0 Å². The van der Waals surface area contributed by atoms with E-state index in [2.05, 4.69) is 10.1 Å². The maximum Gasteiger partial charge on any atom is 0.387 e. The van der Waals surface area contributed by atoms with Crippen LogP contribution in [0.25, 0.3) is 0 Å². The molecule has 0 saturated heterocycles. The molecule has 1 saturated carbocycles. The summed E-state index contributed by atoms with van der Waals surface area (Å²) in [6.07, 6.45) is 2.75. The molecule has 0 heterocycles. The Hall–Kier alpha value is -1.69. The van der Waals surface area contributed by atoms with Crippen molar-refractivity contribution < 1.29 is 23.4 Å². The normalized spacial score (nSPS) is 22.6. The Bertz CT molecular complexity index is 467. The summed E-state index contributed by atoms with van der Waals surface area (Å²) in [6.45, 7) is -2.92. The number of rotatable bonds is 4. The summed E-state index contributed by atoms with van der Waals surface area (Å²) in [5, 5.41) is 12.5. The molecular weight excluding hydrogens is 268 g/mol. The molecule has 0 aromatic heterocycles. The van der Waals surface area contributed by atoms with Gasteiger partial charge in [0.2, 0.25) is 0 Å². The van der Waals surface area contributed by atoms with Crippen LogP contribution in [0.1, 0.15) is 36.0 Å². The van der Waals surface area contributed by atoms with Crippen LogP contribution in [0.5, 0.6) is 5.75 Å². The van der Waals surface area contributed by atoms with E-state index in [0.717, 1.165) is 19.3 Å². The van der Waals surface area contributed by atoms with E-state index in [4.69, 9.17) is 0 Å². The summed E-state index contributed by atoms with van der Waals surface area (Å²) < 4.78 is 28.5. The lowest BCUT2D eigenvalue weighted by Crippen LogP contribution is -2.45. The van der Waals surface area contributed by atoms with Gasteiger partial charge in [0.25, 0.3) is 5.91 Å². The van der Waals surface area contributed by atoms with Gasteiger partial charge < -0.3 is 15.2 Å². The fourth-order valence-corrected chi connectivity index (χ4v) is 2.34. The number of benzene rings is 1. The number of ether oxygens (including phenoxy) is 1. The first-order chi connectivity index (χ1) is 9.56. The summed E-state index contributed by atoms with van der Waals surface area (Å²) in [4.78, 5) is 12.0. The number of halogens is 2. The lowest BCUT2D eigenvalue weighted by molar-refractivity contribution is -0.0498. The molecule has 1 aliphatic carbocycles. The first-order valence-corrected chi connectivity index (χ1v) is 6.60. The van der Waals surface area contributed by atoms with Crippen molar-refractivity contribution >= 4 is 5.91 Å². The molecule has 2 atom stereocenters. The largest absolute Gasteiger partial charge is 0.435 e. The number of hydrogen-bond donors (Lipinski definition) is 2. The molecule has 1 aromatic rings. The van der Waals surface area contributed by atoms with Crippen molar-refractivity contribution in [3.05, 3.63) is 29.8 Å². The molecule has 1 aromatic carbocycles. The van der Waals surface area contributed by atoms with Gasteiger partial charge in [-0.15, -0.1) is 0 Å². The predicted octanol–water partition coefficient (Wildman–Crippen LogP) is 2.32. The quantitative estimate of drug-likeness (QED) is 0.892. The zero-order chi connectivity index (χ0) is 14.5. The molecule has 110 valence electrons. The third-order valence-electron chi connectivity index (χ3n) is 3.37. The Kier molecular flexibility index (Phi) is 4.89. The van der Waals surface area contributed by atoms with Crippen molar-refractivity contribution in [2.75, 3.05) is 0 Å². The van der Waals surface area contributed by atoms with Gasteiger partial charge >= 0.3 is 6.61 Å². The average molecular weight is 285 g/mol. The summed E-state index contributed by atoms with van der Waals surface area (Å²) in [5.74, 6) is -0.451. The fourth-order valence-electron chi connectivity index (χ4n) is 2.34. The van der Waals surface area contributed by atoms with Gasteiger partial charge in [0, 0.05) is 5.56 Å². The fraction of sp³-hybridized carbons (Fsp3) is 0.500. The van der Waals surface area contributed by atoms with Gasteiger partial charge in [-0.25, -0.2) is 0 Å². The number of amides is 1. The predicted molar refractivity (Wildman–Crippen MR) is 68.8 cm³/mol. The first-order valence-electron chi connectivity index (χ1n) is 6.60. The van der Waals surface area contributed by atoms with Crippen molar-refractivity contribution in [1.29, 1.82) is 0 Å². The van der Waals surface area contributed by atoms with Gasteiger partial charge in [-0.2, -0.15) is 8.78 Å². The lowest BCUT2D eigenvalue weighted by Gasteiger charge is -2.28. The van der Waals surface area contributed by atoms with Crippen molar-refractivity contribution in [3.63, 3.8) is 0 Å². The molecule has 2 N–H and O–H groups in total. The van der Waals surface area contributed by atoms with Crippen molar-refractivity contribution in [3.8, 4) is 5.75 Å². The number of nitrogens with one attached hydrogen (secondary N) is 1. The zero-order valence-electron chi connectivity index (χ0n) is 10.9. The molecule has 0 aliphatic heterocycles. The van der Waals surface area contributed by atoms with E-state index in [-0.39, 0.29) is 17.4 Å². The second kappa shape index (κ2) is 6.65. The van der Waals surface area contributed by atoms with E-state index in [1.807, 2.05) is 0 Å². The molecule has 2 rings (SSSR count). The lowest BCUT2D eigenvalue weighted by atomic mass is 9.92. The summed E-state index contributed by atoms with van der Waals surface area (Å²) in [7, 11) is 0. The van der Waals surface area contributed by atoms with Crippen LogP contribution in [0.4, 0.5) is 8.78 Å². The smallest absolute Gasteiger partial charge is 0.387 e. The van der Waals surface area contributed by atoms with Gasteiger partial charge in [-0.3, -0.25) is 4.79 Å². The van der Waals surface area contributed by atoms with E-state index in [0.29, 0.717) is 6.42 Å². The number of aliphatic hydroxyl groups is 1. The monoisotopic (exact) mass is 285 g/mol. The Morgan fingerprint density at radius 1 is 1.35 bits per heavy atom. The highest BCUT2D eigenvalue weighted by Crippen LogP contribution is 2.20. The second-order valence-corrected chi connectivity index (χ2v) is 4.84. The molecule has 20 heavy (non-hydrogen) atoms. The second-order valence-electron chi connectivity index (χ2n) is 4.84. The highest BCUT2D eigenvalue weighted by molar-refractivity contribution is 5.94. The van der Waals surface area contributed by atoms with Gasteiger partial charge in [0.15, 0.2) is 0 Å². The molecule has 4 nitrogen and oxygen atoms in total. The van der Waals surface area contributed by atoms with Gasteiger partial charge in [0.1, 0.15) is 5.75 Å². The summed E-state index contributed by atoms with van der Waals surface area (Å²) in [6, 6.07) is 5.33. The Morgan fingerprint density at radius 2 is 2.10 bits per heavy atom. The summed E-state index contributed by atoms with van der Waals surface area (Å²) >= 11 is 0. The minimum atomic E-state index is -2.92. The molecule has 1 aliphatic rings. The highest BCUT2D eigenvalue weighted by Gasteiger charge is 2.24. The molecule has 6 heteroatoms. The van der Waals surface area contributed by atoms with Crippen LogP contribution in [0, 0.1) is 0 Å². The number of carbonyl (C=O) groups is 1. The summed E-state index contributed by atoms with van der Waals surface area (Å²) in [5.41, 5.74) is 0.237. The van der Waals surface area contributed by atoms with Gasteiger partial charge in [-0.1, -0.05) is 18.9 Å². The van der Waals surface area contributed by atoms with E-state index >= 15 is 0 Å². The van der Waals surface area contributed by atoms with E-state index in [1.54, 1.807) is 0 Å². The van der Waals surface area contributed by atoms with Crippen LogP contribution < -0.4 is 10.1 Å². The van der Waals surface area contributed by atoms with Crippen LogP contribution in [0.2, 0.25) is 0 Å². The molecule has 0 unspecified atom stereocenters. The number of alkyl halides is 2. The first kappa shape index (κ1) is 14.7. The van der Waals surface area contributed by atoms with Crippen LogP contribution in [-0.2, 0) is 0 Å². The van der Waals surface area contributed by atoms with E-state index in [9.17, 15) is 18.7 Å². The third-order valence-corrected chi connectivity index (χ3v) is 3.37. The van der Waals surface area contributed by atoms with Gasteiger partial charge in [0.05, 0.1) is 12.1 Å². The average Bonchev–Trinajstić information content (AvgIpc) is 2.41. The maximum atomic E-state index is 12.1. The molecular formula is C14H17F2NO3. The number of aliphatic hydroxyl groups excluding tert-OH is 1. The minimum absolute atomic E-state index is 0.0585. The molecule has 1 fully saturated rings. The van der Waals surface area contributed by atoms with Crippen LogP contribution in [0.15, 0.2) is 24.3 Å². The van der Waals surface area contributed by atoms with Crippen LogP contribution in [0.3, 0.4) is 0 Å². The van der Waals surface area contributed by atoms with Crippen molar-refractivity contribution in [1.82, 2.24) is 5.32 Å². The molecule has 1 amide bonds. The third kappa shape index (κ3) is 3.90.